The van der Waals surface area contributed by atoms with Gasteiger partial charge in [0.15, 0.2) is 5.82 Å². The zero-order valence-corrected chi connectivity index (χ0v) is 10.6. The van der Waals surface area contributed by atoms with E-state index in [0.717, 1.165) is 5.56 Å². The summed E-state index contributed by atoms with van der Waals surface area (Å²) >= 11 is 0. The van der Waals surface area contributed by atoms with Gasteiger partial charge in [0.05, 0.1) is 0 Å². The molecule has 6 heteroatoms. The minimum absolute atomic E-state index is 0.352. The molecule has 100 valence electrons. The highest BCUT2D eigenvalue weighted by Gasteiger charge is 2.06. The lowest BCUT2D eigenvalue weighted by atomic mass is 10.2. The average Bonchev–Trinajstić information content (AvgIpc) is 3.00. The van der Waals surface area contributed by atoms with Gasteiger partial charge >= 0.3 is 0 Å². The zero-order valence-electron chi connectivity index (χ0n) is 10.6. The first-order valence-electron chi connectivity index (χ1n) is 6.10. The number of benzene rings is 1. The van der Waals surface area contributed by atoms with Crippen molar-refractivity contribution in [3.63, 3.8) is 0 Å². The second kappa shape index (κ2) is 5.48. The third-order valence-electron chi connectivity index (χ3n) is 2.86. The predicted molar refractivity (Wildman–Crippen MR) is 72.9 cm³/mol. The lowest BCUT2D eigenvalue weighted by Gasteiger charge is -2.08. The van der Waals surface area contributed by atoms with Crippen LogP contribution in [0.5, 0.6) is 0 Å². The van der Waals surface area contributed by atoms with Gasteiger partial charge in [0.25, 0.3) is 0 Å². The molecule has 0 radical (unpaired) electrons. The van der Waals surface area contributed by atoms with Crippen molar-refractivity contribution in [2.75, 3.05) is 5.32 Å². The average molecular weight is 269 g/mol. The molecule has 0 unspecified atom stereocenters. The Hall–Kier alpha value is -2.76. The lowest BCUT2D eigenvalue weighted by molar-refractivity contribution is 0.611. The standard InChI is InChI=1S/C14H12FN5/c15-13-7-12(18-8-11-3-5-16-6-4-11)1-2-14(13)20-10-17-9-19-20/h1-7,9-10,18H,8H2. The van der Waals surface area contributed by atoms with Gasteiger partial charge in [0.1, 0.15) is 18.3 Å². The van der Waals surface area contributed by atoms with Crippen molar-refractivity contribution < 1.29 is 4.39 Å². The molecule has 0 saturated heterocycles. The Labute approximate surface area is 115 Å². The van der Waals surface area contributed by atoms with Crippen molar-refractivity contribution in [1.82, 2.24) is 19.7 Å². The molecule has 1 N–H and O–H groups in total. The van der Waals surface area contributed by atoms with E-state index >= 15 is 0 Å². The van der Waals surface area contributed by atoms with Gasteiger partial charge in [-0.15, -0.1) is 0 Å². The van der Waals surface area contributed by atoms with Crippen LogP contribution in [0.25, 0.3) is 5.69 Å². The molecular formula is C14H12FN5. The monoisotopic (exact) mass is 269 g/mol. The number of anilines is 1. The van der Waals surface area contributed by atoms with Crippen LogP contribution in [-0.2, 0) is 6.54 Å². The summed E-state index contributed by atoms with van der Waals surface area (Å²) in [5, 5.41) is 7.07. The lowest BCUT2D eigenvalue weighted by Crippen LogP contribution is -2.02. The van der Waals surface area contributed by atoms with Gasteiger partial charge < -0.3 is 5.32 Å². The molecule has 0 amide bonds. The molecule has 0 aliphatic carbocycles. The third kappa shape index (κ3) is 2.64. The fourth-order valence-electron chi connectivity index (χ4n) is 1.84. The maximum absolute atomic E-state index is 14.0. The number of nitrogens with zero attached hydrogens (tertiary/aromatic N) is 4. The van der Waals surface area contributed by atoms with Gasteiger partial charge in [-0.05, 0) is 35.9 Å². The maximum atomic E-state index is 14.0. The van der Waals surface area contributed by atoms with E-state index in [1.54, 1.807) is 24.5 Å². The Morgan fingerprint density at radius 2 is 1.95 bits per heavy atom. The number of nitrogens with one attached hydrogen (secondary N) is 1. The molecular weight excluding hydrogens is 257 g/mol. The number of halogens is 1. The van der Waals surface area contributed by atoms with Gasteiger partial charge in [0.2, 0.25) is 0 Å². The van der Waals surface area contributed by atoms with Gasteiger partial charge in [0, 0.05) is 24.6 Å². The van der Waals surface area contributed by atoms with Crippen LogP contribution in [0.15, 0.2) is 55.4 Å². The van der Waals surface area contributed by atoms with E-state index in [1.807, 2.05) is 12.1 Å². The van der Waals surface area contributed by atoms with E-state index in [4.69, 9.17) is 0 Å². The predicted octanol–water partition coefficient (Wildman–Crippen LogP) is 2.41. The second-order valence-electron chi connectivity index (χ2n) is 4.22. The maximum Gasteiger partial charge on any atom is 0.150 e. The minimum atomic E-state index is -0.352. The number of hydrogen-bond donors (Lipinski definition) is 1. The highest BCUT2D eigenvalue weighted by atomic mass is 19.1. The van der Waals surface area contributed by atoms with Crippen molar-refractivity contribution in [2.45, 2.75) is 6.54 Å². The summed E-state index contributed by atoms with van der Waals surface area (Å²) in [6.45, 7) is 0.616. The molecule has 1 aromatic carbocycles. The van der Waals surface area contributed by atoms with Crippen molar-refractivity contribution in [3.05, 3.63) is 66.8 Å². The van der Waals surface area contributed by atoms with Crippen LogP contribution in [0.3, 0.4) is 0 Å². The summed E-state index contributed by atoms with van der Waals surface area (Å²) in [6.07, 6.45) is 6.29. The van der Waals surface area contributed by atoms with E-state index in [2.05, 4.69) is 20.4 Å². The summed E-state index contributed by atoms with van der Waals surface area (Å²) in [7, 11) is 0. The van der Waals surface area contributed by atoms with Crippen LogP contribution in [0.2, 0.25) is 0 Å². The Morgan fingerprint density at radius 1 is 1.10 bits per heavy atom. The van der Waals surface area contributed by atoms with Crippen molar-refractivity contribution in [1.29, 1.82) is 0 Å². The fourth-order valence-corrected chi connectivity index (χ4v) is 1.84. The Bertz CT molecular complexity index is 682. The summed E-state index contributed by atoms with van der Waals surface area (Å²) in [5.74, 6) is -0.352. The normalized spacial score (nSPS) is 10.4. The molecule has 3 aromatic rings. The topological polar surface area (TPSA) is 55.6 Å². The van der Waals surface area contributed by atoms with Crippen LogP contribution >= 0.6 is 0 Å². The summed E-state index contributed by atoms with van der Waals surface area (Å²) < 4.78 is 15.4. The first-order valence-corrected chi connectivity index (χ1v) is 6.10. The SMILES string of the molecule is Fc1cc(NCc2ccncc2)ccc1-n1cncn1. The summed E-state index contributed by atoms with van der Waals surface area (Å²) in [5.41, 5.74) is 2.17. The first-order chi connectivity index (χ1) is 9.83. The van der Waals surface area contributed by atoms with Crippen molar-refractivity contribution in [3.8, 4) is 5.69 Å². The highest BCUT2D eigenvalue weighted by Crippen LogP contribution is 2.17. The number of rotatable bonds is 4. The van der Waals surface area contributed by atoms with Crippen LogP contribution in [-0.4, -0.2) is 19.7 Å². The molecule has 0 saturated carbocycles. The van der Waals surface area contributed by atoms with E-state index < -0.39 is 0 Å². The molecule has 2 heterocycles. The zero-order chi connectivity index (χ0) is 13.8. The Balaban J connectivity index is 1.74. The van der Waals surface area contributed by atoms with Crippen LogP contribution in [0.1, 0.15) is 5.56 Å². The number of hydrogen-bond acceptors (Lipinski definition) is 4. The van der Waals surface area contributed by atoms with Crippen molar-refractivity contribution >= 4 is 5.69 Å². The highest BCUT2D eigenvalue weighted by molar-refractivity contribution is 5.49. The molecule has 0 bridgehead atoms. The number of aromatic nitrogens is 4. The molecule has 5 nitrogen and oxygen atoms in total. The van der Waals surface area contributed by atoms with Crippen molar-refractivity contribution in [2.24, 2.45) is 0 Å². The van der Waals surface area contributed by atoms with Crippen LogP contribution in [0.4, 0.5) is 10.1 Å². The van der Waals surface area contributed by atoms with Gasteiger partial charge in [-0.1, -0.05) is 0 Å². The molecule has 0 atom stereocenters. The Kier molecular flexibility index (Phi) is 3.36. The first kappa shape index (κ1) is 12.3. The van der Waals surface area contributed by atoms with Gasteiger partial charge in [-0.25, -0.2) is 14.1 Å². The van der Waals surface area contributed by atoms with Gasteiger partial charge in [-0.2, -0.15) is 5.10 Å². The summed E-state index contributed by atoms with van der Waals surface area (Å²) in [4.78, 5) is 7.75. The fraction of sp³-hybridized carbons (Fsp3) is 0.0714. The minimum Gasteiger partial charge on any atom is -0.381 e. The molecule has 0 spiro atoms. The smallest absolute Gasteiger partial charge is 0.150 e. The largest absolute Gasteiger partial charge is 0.381 e. The quantitative estimate of drug-likeness (QED) is 0.790. The molecule has 0 aliphatic rings. The molecule has 3 rings (SSSR count). The summed E-state index contributed by atoms with van der Waals surface area (Å²) in [6, 6.07) is 8.73. The number of pyridine rings is 1. The third-order valence-corrected chi connectivity index (χ3v) is 2.86. The van der Waals surface area contributed by atoms with Gasteiger partial charge in [-0.3, -0.25) is 4.98 Å². The second-order valence-corrected chi connectivity index (χ2v) is 4.22. The van der Waals surface area contributed by atoms with E-state index in [9.17, 15) is 4.39 Å². The van der Waals surface area contributed by atoms with E-state index in [0.29, 0.717) is 17.9 Å². The van der Waals surface area contributed by atoms with Crippen LogP contribution < -0.4 is 5.32 Å². The van der Waals surface area contributed by atoms with Crippen LogP contribution in [0, 0.1) is 5.82 Å². The molecule has 0 aliphatic heterocycles. The molecule has 2 aromatic heterocycles. The molecule has 0 fully saturated rings. The van der Waals surface area contributed by atoms with E-state index in [1.165, 1.54) is 23.4 Å². The van der Waals surface area contributed by atoms with E-state index in [-0.39, 0.29) is 5.82 Å². The molecule has 20 heavy (non-hydrogen) atoms. The Morgan fingerprint density at radius 3 is 2.65 bits per heavy atom.